The standard InChI is InChI=1S/C22H36N4O3/c1-17(2)25(4)15-20(27)16-29-22-13-19(7-8-21(22)28-5)14-23-9-6-11-26-12-10-24-18(26)3/h7-8,10,12-13,17,20,23,27H,6,9,11,14-16H2,1-5H3/t20-/m1/s1. The predicted octanol–water partition coefficient (Wildman–Crippen LogP) is 2.46. The first-order valence-electron chi connectivity index (χ1n) is 10.3. The number of benzene rings is 1. The van der Waals surface area contributed by atoms with Crippen LogP contribution in [0.15, 0.2) is 30.6 Å². The zero-order valence-electron chi connectivity index (χ0n) is 18.4. The molecule has 1 aromatic heterocycles. The van der Waals surface area contributed by atoms with Crippen molar-refractivity contribution in [2.75, 3.05) is 33.9 Å². The van der Waals surface area contributed by atoms with Gasteiger partial charge in [0.15, 0.2) is 11.5 Å². The molecule has 2 aromatic rings. The summed E-state index contributed by atoms with van der Waals surface area (Å²) in [5.74, 6) is 2.38. The first-order valence-corrected chi connectivity index (χ1v) is 10.3. The number of aliphatic hydroxyl groups excluding tert-OH is 1. The fourth-order valence-corrected chi connectivity index (χ4v) is 2.97. The molecular weight excluding hydrogens is 368 g/mol. The number of nitrogens with zero attached hydrogens (tertiary/aromatic N) is 3. The van der Waals surface area contributed by atoms with Gasteiger partial charge in [0, 0.05) is 38.1 Å². The zero-order chi connectivity index (χ0) is 21.2. The number of methoxy groups -OCH3 is 1. The minimum Gasteiger partial charge on any atom is -0.493 e. The minimum atomic E-state index is -0.555. The number of imidazole rings is 1. The predicted molar refractivity (Wildman–Crippen MR) is 116 cm³/mol. The Morgan fingerprint density at radius 1 is 1.28 bits per heavy atom. The lowest BCUT2D eigenvalue weighted by Gasteiger charge is -2.24. The van der Waals surface area contributed by atoms with E-state index < -0.39 is 6.10 Å². The Labute approximate surface area is 174 Å². The Bertz CT molecular complexity index is 733. The van der Waals surface area contributed by atoms with Crippen LogP contribution in [0.1, 0.15) is 31.7 Å². The van der Waals surface area contributed by atoms with E-state index in [2.05, 4.69) is 33.6 Å². The molecule has 0 radical (unpaired) electrons. The average molecular weight is 405 g/mol. The molecule has 2 N–H and O–H groups in total. The van der Waals surface area contributed by atoms with Gasteiger partial charge in [-0.2, -0.15) is 0 Å². The molecule has 0 aliphatic rings. The molecule has 29 heavy (non-hydrogen) atoms. The minimum absolute atomic E-state index is 0.231. The monoisotopic (exact) mass is 404 g/mol. The molecule has 0 amide bonds. The van der Waals surface area contributed by atoms with Gasteiger partial charge in [-0.15, -0.1) is 0 Å². The number of rotatable bonds is 13. The van der Waals surface area contributed by atoms with E-state index in [1.54, 1.807) is 7.11 Å². The molecule has 1 heterocycles. The van der Waals surface area contributed by atoms with Crippen molar-refractivity contribution >= 4 is 0 Å². The summed E-state index contributed by atoms with van der Waals surface area (Å²) in [5, 5.41) is 13.7. The van der Waals surface area contributed by atoms with Gasteiger partial charge in [0.05, 0.1) is 7.11 Å². The Balaban J connectivity index is 1.80. The third-order valence-electron chi connectivity index (χ3n) is 5.04. The van der Waals surface area contributed by atoms with E-state index in [0.29, 0.717) is 24.1 Å². The van der Waals surface area contributed by atoms with Crippen LogP contribution in [-0.2, 0) is 13.1 Å². The second kappa shape index (κ2) is 11.8. The van der Waals surface area contributed by atoms with E-state index in [0.717, 1.165) is 37.4 Å². The summed E-state index contributed by atoms with van der Waals surface area (Å²) >= 11 is 0. The average Bonchev–Trinajstić information content (AvgIpc) is 3.10. The van der Waals surface area contributed by atoms with Gasteiger partial charge in [-0.1, -0.05) is 6.07 Å². The normalized spacial score (nSPS) is 12.6. The molecule has 7 nitrogen and oxygen atoms in total. The molecule has 0 spiro atoms. The lowest BCUT2D eigenvalue weighted by molar-refractivity contribution is 0.0668. The summed E-state index contributed by atoms with van der Waals surface area (Å²) in [5.41, 5.74) is 1.12. The largest absolute Gasteiger partial charge is 0.493 e. The molecule has 0 bridgehead atoms. The van der Waals surface area contributed by atoms with Crippen molar-refractivity contribution in [2.45, 2.75) is 52.4 Å². The highest BCUT2D eigenvalue weighted by molar-refractivity contribution is 5.43. The van der Waals surface area contributed by atoms with E-state index in [4.69, 9.17) is 9.47 Å². The number of aryl methyl sites for hydroxylation is 2. The van der Waals surface area contributed by atoms with Crippen molar-refractivity contribution in [3.05, 3.63) is 42.0 Å². The Kier molecular flexibility index (Phi) is 9.44. The van der Waals surface area contributed by atoms with Gasteiger partial charge in [-0.3, -0.25) is 0 Å². The van der Waals surface area contributed by atoms with Gasteiger partial charge in [-0.25, -0.2) is 4.98 Å². The van der Waals surface area contributed by atoms with Crippen LogP contribution in [0.3, 0.4) is 0 Å². The molecule has 0 aliphatic carbocycles. The van der Waals surface area contributed by atoms with Gasteiger partial charge in [-0.05, 0) is 58.5 Å². The highest BCUT2D eigenvalue weighted by Crippen LogP contribution is 2.28. The van der Waals surface area contributed by atoms with Gasteiger partial charge in [0.2, 0.25) is 0 Å². The maximum Gasteiger partial charge on any atom is 0.161 e. The topological polar surface area (TPSA) is 71.8 Å². The van der Waals surface area contributed by atoms with Crippen LogP contribution in [0.4, 0.5) is 0 Å². The highest BCUT2D eigenvalue weighted by atomic mass is 16.5. The van der Waals surface area contributed by atoms with Crippen LogP contribution < -0.4 is 14.8 Å². The SMILES string of the molecule is COc1ccc(CNCCCn2ccnc2C)cc1OC[C@H](O)CN(C)C(C)C. The molecule has 2 rings (SSSR count). The summed E-state index contributed by atoms with van der Waals surface area (Å²) < 4.78 is 13.4. The van der Waals surface area contributed by atoms with Crippen molar-refractivity contribution in [1.82, 2.24) is 19.8 Å². The molecule has 162 valence electrons. The van der Waals surface area contributed by atoms with Crippen molar-refractivity contribution in [3.63, 3.8) is 0 Å². The van der Waals surface area contributed by atoms with Crippen molar-refractivity contribution in [3.8, 4) is 11.5 Å². The number of aliphatic hydroxyl groups is 1. The van der Waals surface area contributed by atoms with E-state index in [1.807, 2.05) is 44.6 Å². The molecule has 7 heteroatoms. The lowest BCUT2D eigenvalue weighted by Crippen LogP contribution is -2.37. The molecule has 1 aromatic carbocycles. The van der Waals surface area contributed by atoms with Gasteiger partial charge < -0.3 is 29.4 Å². The summed E-state index contributed by atoms with van der Waals surface area (Å²) in [7, 11) is 3.62. The number of likely N-dealkylation sites (N-methyl/N-ethyl adjacent to an activating group) is 1. The highest BCUT2D eigenvalue weighted by Gasteiger charge is 2.13. The second-order valence-electron chi connectivity index (χ2n) is 7.68. The summed E-state index contributed by atoms with van der Waals surface area (Å²) in [6.45, 7) is 9.64. The third-order valence-corrected chi connectivity index (χ3v) is 5.04. The summed E-state index contributed by atoms with van der Waals surface area (Å²) in [4.78, 5) is 6.33. The van der Waals surface area contributed by atoms with Crippen LogP contribution >= 0.6 is 0 Å². The van der Waals surface area contributed by atoms with Crippen molar-refractivity contribution in [1.29, 1.82) is 0 Å². The molecule has 0 unspecified atom stereocenters. The van der Waals surface area contributed by atoms with Gasteiger partial charge >= 0.3 is 0 Å². The Hall–Kier alpha value is -2.09. The quantitative estimate of drug-likeness (QED) is 0.500. The maximum atomic E-state index is 10.2. The maximum absolute atomic E-state index is 10.2. The lowest BCUT2D eigenvalue weighted by atomic mass is 10.2. The van der Waals surface area contributed by atoms with Crippen LogP contribution in [-0.4, -0.2) is 65.6 Å². The molecule has 0 fully saturated rings. The van der Waals surface area contributed by atoms with E-state index in [9.17, 15) is 5.11 Å². The first-order chi connectivity index (χ1) is 13.9. The fourth-order valence-electron chi connectivity index (χ4n) is 2.97. The Morgan fingerprint density at radius 2 is 2.07 bits per heavy atom. The molecule has 0 aliphatic heterocycles. The molecular formula is C22H36N4O3. The van der Waals surface area contributed by atoms with Crippen LogP contribution in [0.2, 0.25) is 0 Å². The molecule has 0 saturated carbocycles. The third kappa shape index (κ3) is 7.68. The Morgan fingerprint density at radius 3 is 2.72 bits per heavy atom. The summed E-state index contributed by atoms with van der Waals surface area (Å²) in [6.07, 6.45) is 4.32. The van der Waals surface area contributed by atoms with Crippen molar-refractivity contribution in [2.24, 2.45) is 0 Å². The summed E-state index contributed by atoms with van der Waals surface area (Å²) in [6, 6.07) is 6.30. The van der Waals surface area contributed by atoms with Crippen LogP contribution in [0.5, 0.6) is 11.5 Å². The molecule has 1 atom stereocenters. The smallest absolute Gasteiger partial charge is 0.161 e. The van der Waals surface area contributed by atoms with E-state index >= 15 is 0 Å². The fraction of sp³-hybridized carbons (Fsp3) is 0.591. The van der Waals surface area contributed by atoms with Gasteiger partial charge in [0.25, 0.3) is 0 Å². The number of nitrogens with one attached hydrogen (secondary N) is 1. The van der Waals surface area contributed by atoms with Crippen LogP contribution in [0.25, 0.3) is 0 Å². The van der Waals surface area contributed by atoms with E-state index in [-0.39, 0.29) is 6.61 Å². The number of ether oxygens (including phenoxy) is 2. The number of hydrogen-bond acceptors (Lipinski definition) is 6. The van der Waals surface area contributed by atoms with Gasteiger partial charge in [0.1, 0.15) is 18.5 Å². The number of hydrogen-bond donors (Lipinski definition) is 2. The van der Waals surface area contributed by atoms with E-state index in [1.165, 1.54) is 0 Å². The number of aromatic nitrogens is 2. The zero-order valence-corrected chi connectivity index (χ0v) is 18.4. The first kappa shape index (κ1) is 23.2. The molecule has 0 saturated heterocycles. The second-order valence-corrected chi connectivity index (χ2v) is 7.68. The van der Waals surface area contributed by atoms with Crippen molar-refractivity contribution < 1.29 is 14.6 Å². The van der Waals surface area contributed by atoms with Crippen LogP contribution in [0, 0.1) is 6.92 Å².